The van der Waals surface area contributed by atoms with Crippen molar-refractivity contribution < 1.29 is 24.5 Å². The summed E-state index contributed by atoms with van der Waals surface area (Å²) in [5.41, 5.74) is 0. The van der Waals surface area contributed by atoms with E-state index >= 15 is 0 Å². The van der Waals surface area contributed by atoms with Gasteiger partial charge >= 0.3 is 5.97 Å². The summed E-state index contributed by atoms with van der Waals surface area (Å²) in [4.78, 5) is 24.7. The van der Waals surface area contributed by atoms with Crippen molar-refractivity contribution in [3.8, 4) is 0 Å². The van der Waals surface area contributed by atoms with Crippen LogP contribution in [-0.4, -0.2) is 47.4 Å². The fourth-order valence-corrected chi connectivity index (χ4v) is 13.4. The second kappa shape index (κ2) is 82.2. The molecule has 0 aromatic heterocycles. The molecular weight excluding hydrogens is 1140 g/mol. The lowest BCUT2D eigenvalue weighted by atomic mass is 10.0. The van der Waals surface area contributed by atoms with Gasteiger partial charge in [0.1, 0.15) is 0 Å². The summed E-state index contributed by atoms with van der Waals surface area (Å²) in [6.07, 6.45) is 109. The quantitative estimate of drug-likeness (QED) is 0.0320. The van der Waals surface area contributed by atoms with E-state index in [1.165, 1.54) is 379 Å². The Morgan fingerprint density at radius 2 is 0.538 bits per heavy atom. The molecule has 0 rings (SSSR count). The van der Waals surface area contributed by atoms with Crippen LogP contribution in [0.25, 0.3) is 0 Å². The third-order valence-electron chi connectivity index (χ3n) is 19.9. The van der Waals surface area contributed by atoms with Crippen molar-refractivity contribution in [3.63, 3.8) is 0 Å². The van der Waals surface area contributed by atoms with E-state index in [2.05, 4.69) is 67.8 Å². The molecule has 0 spiro atoms. The number of aliphatic hydroxyl groups excluding tert-OH is 2. The number of rotatable bonds is 80. The summed E-state index contributed by atoms with van der Waals surface area (Å²) in [5.74, 6) is -0.0139. The van der Waals surface area contributed by atoms with E-state index in [9.17, 15) is 19.8 Å². The van der Waals surface area contributed by atoms with Crippen LogP contribution in [-0.2, 0) is 14.3 Å². The van der Waals surface area contributed by atoms with E-state index in [1.807, 2.05) is 0 Å². The van der Waals surface area contributed by atoms with E-state index in [4.69, 9.17) is 4.74 Å². The number of esters is 1. The van der Waals surface area contributed by atoms with Crippen molar-refractivity contribution in [2.24, 2.45) is 0 Å². The maximum absolute atomic E-state index is 12.6. The molecular formula is C87H165NO5. The van der Waals surface area contributed by atoms with Crippen molar-refractivity contribution in [2.75, 3.05) is 13.2 Å². The van der Waals surface area contributed by atoms with Crippen LogP contribution in [0.4, 0.5) is 0 Å². The number of ether oxygens (including phenoxy) is 1. The molecule has 93 heavy (non-hydrogen) atoms. The molecule has 548 valence electrons. The van der Waals surface area contributed by atoms with Crippen molar-refractivity contribution in [3.05, 3.63) is 48.6 Å². The second-order valence-electron chi connectivity index (χ2n) is 29.2. The second-order valence-corrected chi connectivity index (χ2v) is 29.2. The van der Waals surface area contributed by atoms with Crippen LogP contribution in [0.2, 0.25) is 0 Å². The van der Waals surface area contributed by atoms with E-state index in [1.54, 1.807) is 0 Å². The Bertz CT molecular complexity index is 1550. The van der Waals surface area contributed by atoms with Crippen LogP contribution in [0.5, 0.6) is 0 Å². The Morgan fingerprint density at radius 3 is 0.839 bits per heavy atom. The van der Waals surface area contributed by atoms with Gasteiger partial charge in [0.05, 0.1) is 25.4 Å². The number of unbranched alkanes of at least 4 members (excludes halogenated alkanes) is 61. The fourth-order valence-electron chi connectivity index (χ4n) is 13.4. The zero-order valence-electron chi connectivity index (χ0n) is 63.0. The highest BCUT2D eigenvalue weighted by atomic mass is 16.5. The smallest absolute Gasteiger partial charge is 0.305 e. The average Bonchev–Trinajstić information content (AvgIpc) is 3.78. The third kappa shape index (κ3) is 78.7. The van der Waals surface area contributed by atoms with E-state index < -0.39 is 12.1 Å². The van der Waals surface area contributed by atoms with Gasteiger partial charge in [-0.05, 0) is 89.9 Å². The van der Waals surface area contributed by atoms with Gasteiger partial charge in [0.2, 0.25) is 5.91 Å². The molecule has 6 heteroatoms. The first kappa shape index (κ1) is 90.8. The Morgan fingerprint density at radius 1 is 0.301 bits per heavy atom. The lowest BCUT2D eigenvalue weighted by molar-refractivity contribution is -0.143. The number of amides is 1. The number of hydrogen-bond acceptors (Lipinski definition) is 5. The summed E-state index contributed by atoms with van der Waals surface area (Å²) in [7, 11) is 0. The SMILES string of the molecule is CCCCC/C=C\C/C=C\CCCCCCCCCC(=O)OCCCCCCCCCCCCCCCCC/C=C\C/C=C\CCCCCCCCCCCCCCCCCCCC(=O)NC(CO)C(O)CCCCCCCCCCCCCCCCCCCCCC. The van der Waals surface area contributed by atoms with E-state index in [-0.39, 0.29) is 18.5 Å². The first-order chi connectivity index (χ1) is 46.0. The van der Waals surface area contributed by atoms with Crippen LogP contribution in [0.3, 0.4) is 0 Å². The Balaban J connectivity index is 3.35. The highest BCUT2D eigenvalue weighted by molar-refractivity contribution is 5.76. The highest BCUT2D eigenvalue weighted by Gasteiger charge is 2.20. The maximum atomic E-state index is 12.6. The van der Waals surface area contributed by atoms with Gasteiger partial charge in [-0.1, -0.05) is 416 Å². The van der Waals surface area contributed by atoms with Crippen LogP contribution < -0.4 is 5.32 Å². The van der Waals surface area contributed by atoms with Gasteiger partial charge in [-0.2, -0.15) is 0 Å². The molecule has 0 aromatic rings. The van der Waals surface area contributed by atoms with E-state index in [0.29, 0.717) is 25.9 Å². The molecule has 0 aromatic carbocycles. The Labute approximate surface area is 582 Å². The monoisotopic (exact) mass is 1300 g/mol. The minimum absolute atomic E-state index is 0.0131. The number of hydrogen-bond donors (Lipinski definition) is 3. The summed E-state index contributed by atoms with van der Waals surface area (Å²) >= 11 is 0. The number of aliphatic hydroxyl groups is 2. The van der Waals surface area contributed by atoms with Gasteiger partial charge in [-0.3, -0.25) is 9.59 Å². The van der Waals surface area contributed by atoms with Gasteiger partial charge in [0.25, 0.3) is 0 Å². The lowest BCUT2D eigenvalue weighted by Gasteiger charge is -2.22. The molecule has 0 aliphatic carbocycles. The predicted molar refractivity (Wildman–Crippen MR) is 412 cm³/mol. The minimum atomic E-state index is -0.664. The van der Waals surface area contributed by atoms with Gasteiger partial charge < -0.3 is 20.3 Å². The van der Waals surface area contributed by atoms with Crippen molar-refractivity contribution in [2.45, 2.75) is 482 Å². The first-order valence-corrected chi connectivity index (χ1v) is 42.4. The number of allylic oxidation sites excluding steroid dienone is 8. The van der Waals surface area contributed by atoms with Crippen molar-refractivity contribution in [1.82, 2.24) is 5.32 Å². The zero-order chi connectivity index (χ0) is 67.0. The highest BCUT2D eigenvalue weighted by Crippen LogP contribution is 2.20. The lowest BCUT2D eigenvalue weighted by Crippen LogP contribution is -2.45. The molecule has 1 amide bonds. The van der Waals surface area contributed by atoms with Gasteiger partial charge in [-0.25, -0.2) is 0 Å². The van der Waals surface area contributed by atoms with Crippen LogP contribution in [0.1, 0.15) is 470 Å². The normalized spacial score (nSPS) is 12.7. The number of carbonyl (C=O) groups is 2. The summed E-state index contributed by atoms with van der Waals surface area (Å²) < 4.78 is 5.51. The Kier molecular flexibility index (Phi) is 80.3. The molecule has 0 saturated heterocycles. The summed E-state index contributed by atoms with van der Waals surface area (Å²) in [5, 5.41) is 23.5. The summed E-state index contributed by atoms with van der Waals surface area (Å²) in [6.45, 7) is 4.97. The van der Waals surface area contributed by atoms with E-state index in [0.717, 1.165) is 57.8 Å². The van der Waals surface area contributed by atoms with Crippen LogP contribution >= 0.6 is 0 Å². The fraction of sp³-hybridized carbons (Fsp3) is 0.885. The molecule has 0 fully saturated rings. The molecule has 0 radical (unpaired) electrons. The topological polar surface area (TPSA) is 95.9 Å². The number of nitrogens with one attached hydrogen (secondary N) is 1. The molecule has 0 heterocycles. The average molecular weight is 1310 g/mol. The number of carbonyl (C=O) groups excluding carboxylic acids is 2. The van der Waals surface area contributed by atoms with Crippen molar-refractivity contribution >= 4 is 11.9 Å². The molecule has 2 unspecified atom stereocenters. The van der Waals surface area contributed by atoms with Gasteiger partial charge in [-0.15, -0.1) is 0 Å². The predicted octanol–water partition coefficient (Wildman–Crippen LogP) is 28.3. The zero-order valence-corrected chi connectivity index (χ0v) is 63.0. The first-order valence-electron chi connectivity index (χ1n) is 42.4. The molecule has 0 aliphatic heterocycles. The minimum Gasteiger partial charge on any atom is -0.466 e. The Hall–Kier alpha value is -2.18. The van der Waals surface area contributed by atoms with Crippen LogP contribution in [0.15, 0.2) is 48.6 Å². The van der Waals surface area contributed by atoms with Crippen LogP contribution in [0, 0.1) is 0 Å². The molecule has 3 N–H and O–H groups in total. The van der Waals surface area contributed by atoms with Gasteiger partial charge in [0.15, 0.2) is 0 Å². The molecule has 0 saturated carbocycles. The third-order valence-corrected chi connectivity index (χ3v) is 19.9. The molecule has 2 atom stereocenters. The molecule has 6 nitrogen and oxygen atoms in total. The largest absolute Gasteiger partial charge is 0.466 e. The molecule has 0 bridgehead atoms. The summed E-state index contributed by atoms with van der Waals surface area (Å²) in [6, 6.07) is -0.540. The maximum Gasteiger partial charge on any atom is 0.305 e. The van der Waals surface area contributed by atoms with Crippen molar-refractivity contribution in [1.29, 1.82) is 0 Å². The van der Waals surface area contributed by atoms with Gasteiger partial charge in [0, 0.05) is 12.8 Å². The molecule has 0 aliphatic rings. The standard InChI is InChI=1S/C87H165NO5/c1-3-5-7-9-11-13-15-17-19-21-22-44-48-51-55-59-63-67-71-75-79-85(90)84(83-89)88-86(91)80-76-72-68-64-60-56-52-49-45-42-40-38-36-34-32-30-28-26-24-23-25-27-29-31-33-35-37-39-41-43-46-50-54-58-62-66-70-74-78-82-93-87(92)81-77-73-69-65-61-57-53-47-20-18-16-14-12-10-8-6-4-2/h12,14,18,20,23-24,27,29,84-85,89-90H,3-11,13,15-17,19,21-22,25-26,28,30-83H2,1-2H3,(H,88,91)/b14-12-,20-18-,24-23-,29-27-.